The molecule has 2 aromatic rings. The molecular formula is C23H24N2O. The second-order valence-electron chi connectivity index (χ2n) is 6.35. The minimum atomic E-state index is 0.101. The van der Waals surface area contributed by atoms with E-state index in [4.69, 9.17) is 0 Å². The molecule has 0 spiro atoms. The number of hydrogen-bond donors (Lipinski definition) is 1. The van der Waals surface area contributed by atoms with Crippen molar-refractivity contribution in [3.05, 3.63) is 77.6 Å². The lowest BCUT2D eigenvalue weighted by atomic mass is 10.00. The van der Waals surface area contributed by atoms with Crippen molar-refractivity contribution in [2.24, 2.45) is 4.99 Å². The van der Waals surface area contributed by atoms with Gasteiger partial charge in [0.1, 0.15) is 0 Å². The number of aliphatic imine (C=N–C) groups is 1. The molecule has 132 valence electrons. The number of para-hydroxylation sites is 1. The number of fused-ring (bicyclic) bond motifs is 1. The number of aryl methyl sites for hydroxylation is 1. The van der Waals surface area contributed by atoms with Gasteiger partial charge in [-0.3, -0.25) is 9.79 Å². The molecule has 3 nitrogen and oxygen atoms in total. The molecule has 0 amide bonds. The van der Waals surface area contributed by atoms with Crippen LogP contribution in [0.2, 0.25) is 0 Å². The summed E-state index contributed by atoms with van der Waals surface area (Å²) in [5.41, 5.74) is 5.57. The molecule has 1 aromatic carbocycles. The Balaban J connectivity index is 2.11. The van der Waals surface area contributed by atoms with Crippen LogP contribution in [0, 0.1) is 6.92 Å². The number of Topliss-reactive ketones (excluding diaryl/α,β-unsaturated/α-hetero) is 1. The Morgan fingerprint density at radius 1 is 1.31 bits per heavy atom. The highest BCUT2D eigenvalue weighted by molar-refractivity contribution is 6.28. The highest BCUT2D eigenvalue weighted by atomic mass is 16.1. The Labute approximate surface area is 154 Å². The normalized spacial score (nSPS) is 15.3. The molecule has 1 aliphatic carbocycles. The Hall–Kier alpha value is -2.94. The molecule has 0 bridgehead atoms. The van der Waals surface area contributed by atoms with Crippen LogP contribution in [0.25, 0.3) is 16.5 Å². The molecule has 1 heterocycles. The first-order valence-corrected chi connectivity index (χ1v) is 8.98. The number of hydrogen-bond acceptors (Lipinski definition) is 2. The van der Waals surface area contributed by atoms with Crippen LogP contribution in [0.15, 0.2) is 71.3 Å². The van der Waals surface area contributed by atoms with Crippen LogP contribution >= 0.6 is 0 Å². The molecule has 3 heteroatoms. The van der Waals surface area contributed by atoms with Gasteiger partial charge in [0.15, 0.2) is 5.78 Å². The summed E-state index contributed by atoms with van der Waals surface area (Å²) < 4.78 is 0. The van der Waals surface area contributed by atoms with Gasteiger partial charge in [-0.25, -0.2) is 0 Å². The molecule has 0 radical (unpaired) electrons. The summed E-state index contributed by atoms with van der Waals surface area (Å²) in [6.45, 7) is 3.96. The van der Waals surface area contributed by atoms with Gasteiger partial charge in [0.2, 0.25) is 0 Å². The first-order chi connectivity index (χ1) is 12.6. The molecule has 0 fully saturated rings. The Kier molecular flexibility index (Phi) is 5.47. The molecule has 0 saturated heterocycles. The van der Waals surface area contributed by atoms with E-state index in [9.17, 15) is 4.79 Å². The van der Waals surface area contributed by atoms with Crippen LogP contribution in [0.1, 0.15) is 31.0 Å². The lowest BCUT2D eigenvalue weighted by molar-refractivity contribution is -0.113. The maximum Gasteiger partial charge on any atom is 0.164 e. The molecule has 0 unspecified atom stereocenters. The number of nitrogens with zero attached hydrogens (tertiary/aromatic N) is 1. The molecular weight excluding hydrogens is 320 g/mol. The first kappa shape index (κ1) is 17.9. The van der Waals surface area contributed by atoms with E-state index < -0.39 is 0 Å². The molecule has 26 heavy (non-hydrogen) atoms. The van der Waals surface area contributed by atoms with Crippen molar-refractivity contribution in [3.8, 4) is 0 Å². The average Bonchev–Trinajstić information content (AvgIpc) is 2.91. The second-order valence-corrected chi connectivity index (χ2v) is 6.35. The second kappa shape index (κ2) is 7.96. The van der Waals surface area contributed by atoms with Crippen LogP contribution in [0.4, 0.5) is 0 Å². The van der Waals surface area contributed by atoms with Crippen molar-refractivity contribution < 1.29 is 4.79 Å². The fraction of sp³-hybridized carbons (Fsp3) is 0.217. The van der Waals surface area contributed by atoms with E-state index >= 15 is 0 Å². The van der Waals surface area contributed by atoms with Gasteiger partial charge >= 0.3 is 0 Å². The molecule has 1 aliphatic rings. The van der Waals surface area contributed by atoms with Crippen LogP contribution < -0.4 is 0 Å². The fourth-order valence-electron chi connectivity index (χ4n) is 3.12. The lowest BCUT2D eigenvalue weighted by Crippen LogP contribution is -2.05. The smallest absolute Gasteiger partial charge is 0.164 e. The van der Waals surface area contributed by atoms with Crippen molar-refractivity contribution in [2.45, 2.75) is 26.7 Å². The summed E-state index contributed by atoms with van der Waals surface area (Å²) >= 11 is 0. The van der Waals surface area contributed by atoms with Gasteiger partial charge in [-0.1, -0.05) is 55.5 Å². The van der Waals surface area contributed by atoms with Gasteiger partial charge in [0.05, 0.1) is 11.4 Å². The summed E-state index contributed by atoms with van der Waals surface area (Å²) in [5, 5.41) is 1.11. The number of ketones is 1. The largest absolute Gasteiger partial charge is 0.354 e. The maximum absolute atomic E-state index is 12.7. The zero-order valence-corrected chi connectivity index (χ0v) is 15.5. The lowest BCUT2D eigenvalue weighted by Gasteiger charge is -2.07. The zero-order valence-electron chi connectivity index (χ0n) is 15.5. The van der Waals surface area contributed by atoms with Gasteiger partial charge in [0, 0.05) is 29.9 Å². The van der Waals surface area contributed by atoms with E-state index in [2.05, 4.69) is 47.3 Å². The quantitative estimate of drug-likeness (QED) is 0.576. The summed E-state index contributed by atoms with van der Waals surface area (Å²) in [4.78, 5) is 20.5. The van der Waals surface area contributed by atoms with E-state index in [1.54, 1.807) is 7.05 Å². The summed E-state index contributed by atoms with van der Waals surface area (Å²) in [6, 6.07) is 8.21. The van der Waals surface area contributed by atoms with Gasteiger partial charge in [-0.05, 0) is 36.6 Å². The van der Waals surface area contributed by atoms with E-state index in [-0.39, 0.29) is 5.78 Å². The van der Waals surface area contributed by atoms with Crippen molar-refractivity contribution in [3.63, 3.8) is 0 Å². The van der Waals surface area contributed by atoms with Gasteiger partial charge in [0.25, 0.3) is 0 Å². The Morgan fingerprint density at radius 2 is 2.15 bits per heavy atom. The number of carbonyl (C=O) groups excluding carboxylic acids is 1. The van der Waals surface area contributed by atoms with Gasteiger partial charge < -0.3 is 4.98 Å². The standard InChI is InChI=1S/C23H24N2O/c1-4-22(26)19(15-20(24-3)17-11-7-5-6-8-12-17)21-14-18-13-9-10-16(2)23(18)25-21/h5,7-15,25H,4,6H2,1-3H3/b19-15-,24-20?. The van der Waals surface area contributed by atoms with Crippen LogP contribution in [0.3, 0.4) is 0 Å². The summed E-state index contributed by atoms with van der Waals surface area (Å²) in [6.07, 6.45) is 13.6. The highest BCUT2D eigenvalue weighted by Gasteiger charge is 2.15. The van der Waals surface area contributed by atoms with Gasteiger partial charge in [-0.2, -0.15) is 0 Å². The highest BCUT2D eigenvalue weighted by Crippen LogP contribution is 2.25. The monoisotopic (exact) mass is 344 g/mol. The van der Waals surface area contributed by atoms with E-state index in [1.165, 1.54) is 5.56 Å². The third-order valence-electron chi connectivity index (χ3n) is 4.58. The first-order valence-electron chi connectivity index (χ1n) is 8.98. The number of aromatic amines is 1. The van der Waals surface area contributed by atoms with Crippen molar-refractivity contribution in [2.75, 3.05) is 7.05 Å². The van der Waals surface area contributed by atoms with Crippen molar-refractivity contribution in [1.29, 1.82) is 0 Å². The average molecular weight is 344 g/mol. The number of allylic oxidation sites excluding steroid dienone is 8. The Morgan fingerprint density at radius 3 is 2.88 bits per heavy atom. The number of benzene rings is 1. The number of nitrogens with one attached hydrogen (secondary N) is 1. The minimum absolute atomic E-state index is 0.101. The van der Waals surface area contributed by atoms with E-state index in [1.807, 2.05) is 37.3 Å². The molecule has 0 atom stereocenters. The predicted octanol–water partition coefficient (Wildman–Crippen LogP) is 5.35. The molecule has 0 aliphatic heterocycles. The summed E-state index contributed by atoms with van der Waals surface area (Å²) in [5.74, 6) is 0.101. The third kappa shape index (κ3) is 3.67. The maximum atomic E-state index is 12.7. The molecule has 1 N–H and O–H groups in total. The topological polar surface area (TPSA) is 45.2 Å². The SMILES string of the molecule is CCC(=O)/C(=C\C(=NC)C1=CC=CCC=C1)c1cc2cccc(C)c2[nH]1. The van der Waals surface area contributed by atoms with E-state index in [0.717, 1.165) is 34.3 Å². The predicted molar refractivity (Wildman–Crippen MR) is 111 cm³/mol. The van der Waals surface area contributed by atoms with Crippen LogP contribution in [-0.4, -0.2) is 23.5 Å². The molecule has 3 rings (SSSR count). The number of H-pyrrole nitrogens is 1. The van der Waals surface area contributed by atoms with Crippen LogP contribution in [-0.2, 0) is 4.79 Å². The van der Waals surface area contributed by atoms with Crippen molar-refractivity contribution in [1.82, 2.24) is 4.98 Å². The van der Waals surface area contributed by atoms with Gasteiger partial charge in [-0.15, -0.1) is 0 Å². The number of carbonyl (C=O) groups is 1. The number of rotatable bonds is 5. The molecule has 0 saturated carbocycles. The minimum Gasteiger partial charge on any atom is -0.354 e. The van der Waals surface area contributed by atoms with Crippen molar-refractivity contribution >= 4 is 28.0 Å². The zero-order chi connectivity index (χ0) is 18.5. The van der Waals surface area contributed by atoms with E-state index in [0.29, 0.717) is 12.0 Å². The molecule has 1 aromatic heterocycles. The number of aromatic nitrogens is 1. The van der Waals surface area contributed by atoms with Crippen LogP contribution in [0.5, 0.6) is 0 Å². The Bertz CT molecular complexity index is 981. The third-order valence-corrected chi connectivity index (χ3v) is 4.58. The fourth-order valence-corrected chi connectivity index (χ4v) is 3.12. The summed E-state index contributed by atoms with van der Waals surface area (Å²) in [7, 11) is 1.76.